The second kappa shape index (κ2) is 4.67. The zero-order chi connectivity index (χ0) is 11.5. The molecule has 0 aliphatic rings. The molecule has 0 spiro atoms. The maximum absolute atomic E-state index is 9.35. The Morgan fingerprint density at radius 2 is 1.73 bits per heavy atom. The second-order valence-corrected chi connectivity index (χ2v) is 5.21. The fourth-order valence-corrected chi connectivity index (χ4v) is 1.25. The summed E-state index contributed by atoms with van der Waals surface area (Å²) in [5, 5.41) is 12.7. The van der Waals surface area contributed by atoms with Crippen LogP contribution in [0.2, 0.25) is 0 Å². The Balaban J connectivity index is 2.57. The summed E-state index contributed by atoms with van der Waals surface area (Å²) in [5.41, 5.74) is 2.34. The summed E-state index contributed by atoms with van der Waals surface area (Å²) >= 11 is 0. The highest BCUT2D eigenvalue weighted by Crippen LogP contribution is 2.18. The molecule has 2 nitrogen and oxygen atoms in total. The number of rotatable bonds is 3. The van der Waals surface area contributed by atoms with Gasteiger partial charge in [0.2, 0.25) is 0 Å². The first-order chi connectivity index (χ1) is 6.88. The fourth-order valence-electron chi connectivity index (χ4n) is 1.25. The molecule has 1 atom stereocenters. The molecule has 0 radical (unpaired) electrons. The van der Waals surface area contributed by atoms with E-state index in [1.54, 1.807) is 6.92 Å². The number of anilines is 1. The average molecular weight is 207 g/mol. The highest BCUT2D eigenvalue weighted by atomic mass is 16.3. The lowest BCUT2D eigenvalue weighted by Crippen LogP contribution is -2.18. The molecule has 0 aliphatic heterocycles. The normalized spacial score (nSPS) is 13.7. The van der Waals surface area contributed by atoms with Crippen LogP contribution >= 0.6 is 0 Å². The Labute approximate surface area is 92.3 Å². The smallest absolute Gasteiger partial charge is 0.0761 e. The number of benzene rings is 1. The highest BCUT2D eigenvalue weighted by molar-refractivity contribution is 5.45. The zero-order valence-electron chi connectivity index (χ0n) is 10.0. The quantitative estimate of drug-likeness (QED) is 0.797. The molecular formula is C13H21NO. The van der Waals surface area contributed by atoms with E-state index in [1.807, 2.05) is 24.3 Å². The molecule has 0 aliphatic carbocycles. The largest absolute Gasteiger partial charge is 0.389 e. The van der Waals surface area contributed by atoms with Gasteiger partial charge in [0, 0.05) is 12.2 Å². The lowest BCUT2D eigenvalue weighted by Gasteiger charge is -2.19. The maximum Gasteiger partial charge on any atom is 0.0761 e. The van der Waals surface area contributed by atoms with Crippen molar-refractivity contribution in [2.24, 2.45) is 5.41 Å². The van der Waals surface area contributed by atoms with Crippen molar-refractivity contribution in [1.29, 1.82) is 0 Å². The highest BCUT2D eigenvalue weighted by Gasteiger charge is 2.09. The molecule has 0 saturated carbocycles. The van der Waals surface area contributed by atoms with Gasteiger partial charge in [0.25, 0.3) is 0 Å². The number of nitrogens with one attached hydrogen (secondary N) is 1. The molecule has 0 fully saturated rings. The molecule has 1 aromatic carbocycles. The van der Waals surface area contributed by atoms with Gasteiger partial charge in [-0.1, -0.05) is 32.9 Å². The van der Waals surface area contributed by atoms with E-state index in [0.29, 0.717) is 0 Å². The third-order valence-electron chi connectivity index (χ3n) is 2.22. The van der Waals surface area contributed by atoms with Gasteiger partial charge in [0.05, 0.1) is 6.10 Å². The third-order valence-corrected chi connectivity index (χ3v) is 2.22. The minimum atomic E-state index is -0.387. The molecule has 84 valence electrons. The Morgan fingerprint density at radius 1 is 1.20 bits per heavy atom. The van der Waals surface area contributed by atoms with Crippen LogP contribution in [0, 0.1) is 5.41 Å². The maximum atomic E-state index is 9.35. The Bertz CT molecular complexity index is 295. The molecular weight excluding hydrogens is 186 g/mol. The van der Waals surface area contributed by atoms with Crippen molar-refractivity contribution in [3.05, 3.63) is 29.8 Å². The Kier molecular flexibility index (Phi) is 3.75. The van der Waals surface area contributed by atoms with Crippen molar-refractivity contribution in [2.45, 2.75) is 33.8 Å². The van der Waals surface area contributed by atoms with Crippen molar-refractivity contribution in [3.8, 4) is 0 Å². The van der Waals surface area contributed by atoms with E-state index in [-0.39, 0.29) is 11.5 Å². The topological polar surface area (TPSA) is 32.3 Å². The van der Waals surface area contributed by atoms with Gasteiger partial charge < -0.3 is 10.4 Å². The van der Waals surface area contributed by atoms with Crippen LogP contribution in [0.4, 0.5) is 5.69 Å². The first kappa shape index (κ1) is 12.1. The van der Waals surface area contributed by atoms with Crippen LogP contribution in [0.3, 0.4) is 0 Å². The number of aliphatic hydroxyl groups excluding tert-OH is 1. The predicted molar refractivity (Wildman–Crippen MR) is 65.0 cm³/mol. The van der Waals surface area contributed by atoms with Gasteiger partial charge in [0.15, 0.2) is 0 Å². The van der Waals surface area contributed by atoms with Crippen LogP contribution in [-0.2, 0) is 0 Å². The van der Waals surface area contributed by atoms with Gasteiger partial charge in [0.1, 0.15) is 0 Å². The minimum Gasteiger partial charge on any atom is -0.389 e. The van der Waals surface area contributed by atoms with E-state index >= 15 is 0 Å². The lowest BCUT2D eigenvalue weighted by molar-refractivity contribution is 0.199. The van der Waals surface area contributed by atoms with Gasteiger partial charge >= 0.3 is 0 Å². The van der Waals surface area contributed by atoms with E-state index in [9.17, 15) is 5.11 Å². The molecule has 0 heterocycles. The summed E-state index contributed by atoms with van der Waals surface area (Å²) < 4.78 is 0. The van der Waals surface area contributed by atoms with Crippen LogP contribution in [0.5, 0.6) is 0 Å². The van der Waals surface area contributed by atoms with Gasteiger partial charge in [-0.3, -0.25) is 0 Å². The molecule has 2 heteroatoms. The van der Waals surface area contributed by atoms with Gasteiger partial charge in [-0.15, -0.1) is 0 Å². The molecule has 15 heavy (non-hydrogen) atoms. The van der Waals surface area contributed by atoms with E-state index in [1.165, 1.54) is 0 Å². The fraction of sp³-hybridized carbons (Fsp3) is 0.538. The standard InChI is InChI=1S/C13H21NO/c1-10(15)11-5-7-12(8-6-11)14-9-13(2,3)4/h5-8,10,14-15H,9H2,1-4H3. The monoisotopic (exact) mass is 207 g/mol. The van der Waals surface area contributed by atoms with Gasteiger partial charge in [-0.25, -0.2) is 0 Å². The molecule has 0 bridgehead atoms. The van der Waals surface area contributed by atoms with Crippen LogP contribution in [0.1, 0.15) is 39.4 Å². The van der Waals surface area contributed by atoms with Crippen molar-refractivity contribution in [3.63, 3.8) is 0 Å². The summed E-state index contributed by atoms with van der Waals surface area (Å²) in [7, 11) is 0. The van der Waals surface area contributed by atoms with Crippen LogP contribution < -0.4 is 5.32 Å². The van der Waals surface area contributed by atoms with E-state index in [4.69, 9.17) is 0 Å². The van der Waals surface area contributed by atoms with E-state index in [2.05, 4.69) is 26.1 Å². The zero-order valence-corrected chi connectivity index (χ0v) is 10.0. The van der Waals surface area contributed by atoms with Gasteiger partial charge in [-0.05, 0) is 30.0 Å². The van der Waals surface area contributed by atoms with Crippen molar-refractivity contribution < 1.29 is 5.11 Å². The average Bonchev–Trinajstić information content (AvgIpc) is 2.14. The number of hydrogen-bond donors (Lipinski definition) is 2. The minimum absolute atomic E-state index is 0.281. The molecule has 1 rings (SSSR count). The summed E-state index contributed by atoms with van der Waals surface area (Å²) in [6.07, 6.45) is -0.387. The molecule has 1 unspecified atom stereocenters. The van der Waals surface area contributed by atoms with Crippen LogP contribution in [0.25, 0.3) is 0 Å². The summed E-state index contributed by atoms with van der Waals surface area (Å²) in [4.78, 5) is 0. The molecule has 2 N–H and O–H groups in total. The number of hydrogen-bond acceptors (Lipinski definition) is 2. The van der Waals surface area contributed by atoms with E-state index in [0.717, 1.165) is 17.8 Å². The molecule has 0 amide bonds. The van der Waals surface area contributed by atoms with Crippen molar-refractivity contribution >= 4 is 5.69 Å². The summed E-state index contributed by atoms with van der Waals surface area (Å²) in [6, 6.07) is 7.92. The Hall–Kier alpha value is -1.02. The predicted octanol–water partition coefficient (Wildman–Crippen LogP) is 3.20. The first-order valence-electron chi connectivity index (χ1n) is 5.40. The third kappa shape index (κ3) is 4.34. The van der Waals surface area contributed by atoms with Crippen LogP contribution in [-0.4, -0.2) is 11.7 Å². The van der Waals surface area contributed by atoms with Crippen molar-refractivity contribution in [1.82, 2.24) is 0 Å². The SMILES string of the molecule is CC(O)c1ccc(NCC(C)(C)C)cc1. The second-order valence-electron chi connectivity index (χ2n) is 5.21. The van der Waals surface area contributed by atoms with Crippen LogP contribution in [0.15, 0.2) is 24.3 Å². The number of aliphatic hydroxyl groups is 1. The first-order valence-corrected chi connectivity index (χ1v) is 5.40. The molecule has 1 aromatic rings. The Morgan fingerprint density at radius 3 is 2.13 bits per heavy atom. The van der Waals surface area contributed by atoms with Crippen molar-refractivity contribution in [2.75, 3.05) is 11.9 Å². The van der Waals surface area contributed by atoms with E-state index < -0.39 is 0 Å². The molecule has 0 saturated heterocycles. The lowest BCUT2D eigenvalue weighted by atomic mass is 9.97. The summed E-state index contributed by atoms with van der Waals surface area (Å²) in [5.74, 6) is 0. The van der Waals surface area contributed by atoms with Gasteiger partial charge in [-0.2, -0.15) is 0 Å². The summed E-state index contributed by atoms with van der Waals surface area (Å²) in [6.45, 7) is 9.32. The molecule has 0 aromatic heterocycles.